The summed E-state index contributed by atoms with van der Waals surface area (Å²) in [6.07, 6.45) is 0. The van der Waals surface area contributed by atoms with Crippen LogP contribution in [0.5, 0.6) is 0 Å². The van der Waals surface area contributed by atoms with Crippen molar-refractivity contribution >= 4 is 29.1 Å². The van der Waals surface area contributed by atoms with Gasteiger partial charge in [0.25, 0.3) is 0 Å². The van der Waals surface area contributed by atoms with Crippen molar-refractivity contribution in [1.82, 2.24) is 9.97 Å². The van der Waals surface area contributed by atoms with Crippen molar-refractivity contribution in [2.45, 2.75) is 0 Å². The maximum absolute atomic E-state index is 12.9. The van der Waals surface area contributed by atoms with Crippen molar-refractivity contribution in [2.75, 3.05) is 11.1 Å². The van der Waals surface area contributed by atoms with Crippen molar-refractivity contribution in [3.63, 3.8) is 0 Å². The van der Waals surface area contributed by atoms with Crippen LogP contribution in [0.2, 0.25) is 5.15 Å². The molecule has 0 unspecified atom stereocenters. The minimum atomic E-state index is -0.335. The molecule has 0 saturated carbocycles. The first-order chi connectivity index (χ1) is 7.63. The normalized spacial score (nSPS) is 10.1. The lowest BCUT2D eigenvalue weighted by Crippen LogP contribution is -2.00. The second kappa shape index (κ2) is 4.32. The molecule has 0 bridgehead atoms. The molecule has 16 heavy (non-hydrogen) atoms. The van der Waals surface area contributed by atoms with Crippen molar-refractivity contribution in [3.8, 4) is 0 Å². The third kappa shape index (κ3) is 2.58. The number of aromatic nitrogens is 2. The van der Waals surface area contributed by atoms with Crippen LogP contribution in [0.25, 0.3) is 0 Å². The molecule has 6 heteroatoms. The summed E-state index contributed by atoms with van der Waals surface area (Å²) in [5, 5.41) is 3.10. The minimum Gasteiger partial charge on any atom is -0.368 e. The average Bonchev–Trinajstić information content (AvgIpc) is 2.15. The summed E-state index contributed by atoms with van der Waals surface area (Å²) in [6, 6.07) is 7.49. The molecule has 0 spiro atoms. The van der Waals surface area contributed by atoms with Crippen LogP contribution in [-0.2, 0) is 0 Å². The summed E-state index contributed by atoms with van der Waals surface area (Å²) in [6.45, 7) is 0. The Morgan fingerprint density at radius 1 is 1.25 bits per heavy atom. The SMILES string of the molecule is Nc1nc(Cl)cc(Nc2cccc(F)c2)n1. The molecule has 82 valence electrons. The van der Waals surface area contributed by atoms with E-state index in [1.165, 1.54) is 18.2 Å². The van der Waals surface area contributed by atoms with E-state index in [0.717, 1.165) is 0 Å². The van der Waals surface area contributed by atoms with Crippen LogP contribution < -0.4 is 11.1 Å². The lowest BCUT2D eigenvalue weighted by Gasteiger charge is -2.06. The molecule has 1 aromatic carbocycles. The van der Waals surface area contributed by atoms with Gasteiger partial charge in [0.2, 0.25) is 5.95 Å². The largest absolute Gasteiger partial charge is 0.368 e. The molecular weight excluding hydrogens is 231 g/mol. The number of rotatable bonds is 2. The van der Waals surface area contributed by atoms with Crippen LogP contribution in [-0.4, -0.2) is 9.97 Å². The molecule has 2 rings (SSSR count). The topological polar surface area (TPSA) is 63.8 Å². The summed E-state index contributed by atoms with van der Waals surface area (Å²) in [5.41, 5.74) is 5.99. The molecule has 0 saturated heterocycles. The van der Waals surface area contributed by atoms with E-state index in [0.29, 0.717) is 11.5 Å². The summed E-state index contributed by atoms with van der Waals surface area (Å²) in [7, 11) is 0. The van der Waals surface area contributed by atoms with E-state index in [9.17, 15) is 4.39 Å². The molecule has 3 N–H and O–H groups in total. The first kappa shape index (κ1) is 10.6. The van der Waals surface area contributed by atoms with Crippen LogP contribution in [0.15, 0.2) is 30.3 Å². The van der Waals surface area contributed by atoms with Gasteiger partial charge in [-0.15, -0.1) is 0 Å². The van der Waals surface area contributed by atoms with Crippen LogP contribution in [0.1, 0.15) is 0 Å². The quantitative estimate of drug-likeness (QED) is 0.790. The van der Waals surface area contributed by atoms with Gasteiger partial charge in [0, 0.05) is 11.8 Å². The fourth-order valence-corrected chi connectivity index (χ4v) is 1.40. The molecule has 4 nitrogen and oxygen atoms in total. The highest BCUT2D eigenvalue weighted by molar-refractivity contribution is 6.29. The Hall–Kier alpha value is -1.88. The number of benzene rings is 1. The summed E-state index contributed by atoms with van der Waals surface area (Å²) in [5.74, 6) is 0.146. The minimum absolute atomic E-state index is 0.0615. The Kier molecular flexibility index (Phi) is 2.87. The highest BCUT2D eigenvalue weighted by atomic mass is 35.5. The lowest BCUT2D eigenvalue weighted by atomic mass is 10.3. The Balaban J connectivity index is 2.27. The van der Waals surface area contributed by atoms with Gasteiger partial charge >= 0.3 is 0 Å². The van der Waals surface area contributed by atoms with Crippen molar-refractivity contribution in [3.05, 3.63) is 41.3 Å². The molecular formula is C10H8ClFN4. The lowest BCUT2D eigenvalue weighted by molar-refractivity contribution is 0.628. The van der Waals surface area contributed by atoms with Crippen LogP contribution >= 0.6 is 11.6 Å². The van der Waals surface area contributed by atoms with E-state index in [-0.39, 0.29) is 16.9 Å². The predicted molar refractivity (Wildman–Crippen MR) is 61.1 cm³/mol. The predicted octanol–water partition coefficient (Wildman–Crippen LogP) is 2.59. The Bertz CT molecular complexity index is 498. The number of nitrogens with zero attached hydrogens (tertiary/aromatic N) is 2. The Labute approximate surface area is 96.3 Å². The zero-order valence-corrected chi connectivity index (χ0v) is 8.87. The zero-order chi connectivity index (χ0) is 11.5. The maximum atomic E-state index is 12.9. The van der Waals surface area contributed by atoms with Crippen LogP contribution in [0, 0.1) is 5.82 Å². The van der Waals surface area contributed by atoms with Gasteiger partial charge in [-0.2, -0.15) is 4.98 Å². The van der Waals surface area contributed by atoms with E-state index >= 15 is 0 Å². The van der Waals surface area contributed by atoms with Gasteiger partial charge in [-0.05, 0) is 18.2 Å². The molecule has 0 radical (unpaired) electrons. The van der Waals surface area contributed by atoms with E-state index < -0.39 is 0 Å². The van der Waals surface area contributed by atoms with Gasteiger partial charge in [0.1, 0.15) is 16.8 Å². The summed E-state index contributed by atoms with van der Waals surface area (Å²) < 4.78 is 12.9. The standard InChI is InChI=1S/C10H8ClFN4/c11-8-5-9(16-10(13)15-8)14-7-3-1-2-6(12)4-7/h1-5H,(H3,13,14,15,16). The van der Waals surface area contributed by atoms with Crippen molar-refractivity contribution < 1.29 is 4.39 Å². The van der Waals surface area contributed by atoms with Crippen molar-refractivity contribution in [1.29, 1.82) is 0 Å². The number of halogens is 2. The second-order valence-corrected chi connectivity index (χ2v) is 3.46. The van der Waals surface area contributed by atoms with E-state index in [1.54, 1.807) is 12.1 Å². The maximum Gasteiger partial charge on any atom is 0.223 e. The monoisotopic (exact) mass is 238 g/mol. The molecule has 0 aliphatic rings. The third-order valence-corrected chi connectivity index (χ3v) is 2.00. The van der Waals surface area contributed by atoms with Crippen LogP contribution in [0.4, 0.5) is 21.8 Å². The van der Waals surface area contributed by atoms with Crippen LogP contribution in [0.3, 0.4) is 0 Å². The number of nitrogens with two attached hydrogens (primary N) is 1. The highest BCUT2D eigenvalue weighted by Gasteiger charge is 2.01. The molecule has 1 heterocycles. The number of nitrogen functional groups attached to an aromatic ring is 1. The Morgan fingerprint density at radius 3 is 2.75 bits per heavy atom. The second-order valence-electron chi connectivity index (χ2n) is 3.07. The van der Waals surface area contributed by atoms with Gasteiger partial charge < -0.3 is 11.1 Å². The number of hydrogen-bond acceptors (Lipinski definition) is 4. The van der Waals surface area contributed by atoms with Gasteiger partial charge in [0.05, 0.1) is 0 Å². The zero-order valence-electron chi connectivity index (χ0n) is 8.11. The molecule has 0 aliphatic carbocycles. The smallest absolute Gasteiger partial charge is 0.223 e. The molecule has 0 fully saturated rings. The molecule has 2 aromatic rings. The first-order valence-electron chi connectivity index (χ1n) is 4.46. The number of anilines is 3. The van der Waals surface area contributed by atoms with Crippen molar-refractivity contribution in [2.24, 2.45) is 0 Å². The third-order valence-electron chi connectivity index (χ3n) is 1.81. The number of nitrogens with one attached hydrogen (secondary N) is 1. The van der Waals surface area contributed by atoms with Gasteiger partial charge in [0.15, 0.2) is 0 Å². The molecule has 0 atom stereocenters. The fraction of sp³-hybridized carbons (Fsp3) is 0. The summed E-state index contributed by atoms with van der Waals surface area (Å²) in [4.78, 5) is 7.62. The molecule has 0 amide bonds. The van der Waals surface area contributed by atoms with Gasteiger partial charge in [-0.1, -0.05) is 17.7 Å². The molecule has 1 aromatic heterocycles. The summed E-state index contributed by atoms with van der Waals surface area (Å²) >= 11 is 5.70. The highest BCUT2D eigenvalue weighted by Crippen LogP contribution is 2.18. The Morgan fingerprint density at radius 2 is 2.06 bits per heavy atom. The van der Waals surface area contributed by atoms with Gasteiger partial charge in [-0.25, -0.2) is 9.37 Å². The molecule has 0 aliphatic heterocycles. The van der Waals surface area contributed by atoms with E-state index in [1.807, 2.05) is 0 Å². The van der Waals surface area contributed by atoms with Gasteiger partial charge in [-0.3, -0.25) is 0 Å². The van der Waals surface area contributed by atoms with E-state index in [4.69, 9.17) is 17.3 Å². The fourth-order valence-electron chi connectivity index (χ4n) is 1.21. The number of hydrogen-bond donors (Lipinski definition) is 2. The first-order valence-corrected chi connectivity index (χ1v) is 4.84. The average molecular weight is 239 g/mol. The van der Waals surface area contributed by atoms with E-state index in [2.05, 4.69) is 15.3 Å².